The van der Waals surface area contributed by atoms with Crippen molar-refractivity contribution in [1.29, 1.82) is 0 Å². The number of hydrogen-bond donors (Lipinski definition) is 0. The smallest absolute Gasteiger partial charge is 0.0805 e. The summed E-state index contributed by atoms with van der Waals surface area (Å²) in [6.07, 6.45) is 9.66. The molecule has 0 spiro atoms. The molecule has 8 rings (SSSR count). The minimum Gasteiger partial charge on any atom is -0.256 e. The van der Waals surface area contributed by atoms with Gasteiger partial charge in [-0.2, -0.15) is 0 Å². The van der Waals surface area contributed by atoms with Gasteiger partial charge in [-0.25, -0.2) is 0 Å². The Hall–Kier alpha value is -6.97. The molecular weight excluding hydrogens is 655 g/mol. The fourth-order valence-corrected chi connectivity index (χ4v) is 7.23. The van der Waals surface area contributed by atoms with Gasteiger partial charge in [0.2, 0.25) is 0 Å². The van der Waals surface area contributed by atoms with Crippen LogP contribution in [0.2, 0.25) is 0 Å². The summed E-state index contributed by atoms with van der Waals surface area (Å²) in [5, 5.41) is 3.98. The minimum absolute atomic E-state index is 0.841. The zero-order valence-corrected chi connectivity index (χ0v) is 30.5. The Labute approximate surface area is 316 Å². The van der Waals surface area contributed by atoms with E-state index in [2.05, 4.69) is 153 Å². The van der Waals surface area contributed by atoms with Crippen LogP contribution in [0.5, 0.6) is 0 Å². The number of nitrogens with zero attached hydrogens (tertiary/aromatic N) is 3. The molecular formula is C51H39N3. The highest BCUT2D eigenvalue weighted by Gasteiger charge is 2.14. The molecule has 6 aromatic carbocycles. The molecule has 258 valence electrons. The van der Waals surface area contributed by atoms with E-state index in [1.54, 1.807) is 0 Å². The summed E-state index contributed by atoms with van der Waals surface area (Å²) < 4.78 is 0. The molecule has 0 saturated carbocycles. The fraction of sp³-hybridized carbons (Fsp3) is 0.0392. The molecule has 0 unspecified atom stereocenters. The van der Waals surface area contributed by atoms with Crippen molar-refractivity contribution in [3.8, 4) is 33.4 Å². The molecule has 2 aromatic heterocycles. The van der Waals surface area contributed by atoms with E-state index < -0.39 is 0 Å². The highest BCUT2D eigenvalue weighted by molar-refractivity contribution is 6.02. The predicted octanol–water partition coefficient (Wildman–Crippen LogP) is 11.4. The molecule has 0 amide bonds. The molecule has 0 N–H and O–H groups in total. The SMILES string of the molecule is C=C/C=C\c1c(C)cccc1-c1cc(-c2ccc(/C(N=C(C)c3ccccc3)=c3/c(=C)ccc4cccnc34)cc2)cc(-c2cccc3ncccc23)c1. The topological polar surface area (TPSA) is 38.1 Å². The number of hydrogen-bond acceptors (Lipinski definition) is 3. The van der Waals surface area contributed by atoms with E-state index >= 15 is 0 Å². The Morgan fingerprint density at radius 1 is 0.630 bits per heavy atom. The Morgan fingerprint density at radius 2 is 1.35 bits per heavy atom. The van der Waals surface area contributed by atoms with E-state index in [1.807, 2.05) is 54.9 Å². The van der Waals surface area contributed by atoms with Crippen LogP contribution in [0.15, 0.2) is 182 Å². The molecule has 0 aliphatic rings. The van der Waals surface area contributed by atoms with E-state index in [0.717, 1.165) is 82.6 Å². The zero-order valence-electron chi connectivity index (χ0n) is 30.5. The minimum atomic E-state index is 0.841. The van der Waals surface area contributed by atoms with E-state index in [9.17, 15) is 0 Å². The number of aryl methyl sites for hydroxylation is 1. The molecule has 3 heteroatoms. The summed E-state index contributed by atoms with van der Waals surface area (Å²) in [7, 11) is 0. The van der Waals surface area contributed by atoms with Crippen LogP contribution in [-0.4, -0.2) is 15.7 Å². The van der Waals surface area contributed by atoms with Gasteiger partial charge in [-0.3, -0.25) is 15.0 Å². The molecule has 0 saturated heterocycles. The van der Waals surface area contributed by atoms with Gasteiger partial charge in [0.05, 0.1) is 16.7 Å². The van der Waals surface area contributed by atoms with E-state index in [4.69, 9.17) is 9.98 Å². The lowest BCUT2D eigenvalue weighted by molar-refractivity contribution is 1.35. The number of allylic oxidation sites excluding steroid dienone is 2. The number of benzene rings is 6. The van der Waals surface area contributed by atoms with Crippen molar-refractivity contribution in [2.75, 3.05) is 0 Å². The summed E-state index contributed by atoms with van der Waals surface area (Å²) >= 11 is 0. The molecule has 2 heterocycles. The first-order valence-corrected chi connectivity index (χ1v) is 18.2. The largest absolute Gasteiger partial charge is 0.256 e. The molecule has 0 fully saturated rings. The summed E-state index contributed by atoms with van der Waals surface area (Å²) in [5.74, 6) is 0. The molecule has 0 aliphatic heterocycles. The van der Waals surface area contributed by atoms with Gasteiger partial charge in [0.25, 0.3) is 0 Å². The quantitative estimate of drug-likeness (QED) is 0.117. The fourth-order valence-electron chi connectivity index (χ4n) is 7.23. The van der Waals surface area contributed by atoms with Crippen LogP contribution in [0, 0.1) is 6.92 Å². The lowest BCUT2D eigenvalue weighted by atomic mass is 9.89. The second-order valence-electron chi connectivity index (χ2n) is 13.5. The average Bonchev–Trinajstić information content (AvgIpc) is 3.22. The van der Waals surface area contributed by atoms with Crippen molar-refractivity contribution < 1.29 is 0 Å². The van der Waals surface area contributed by atoms with E-state index in [1.165, 1.54) is 16.7 Å². The van der Waals surface area contributed by atoms with Crippen molar-refractivity contribution in [2.45, 2.75) is 13.8 Å². The second-order valence-corrected chi connectivity index (χ2v) is 13.5. The number of fused-ring (bicyclic) bond motifs is 2. The van der Waals surface area contributed by atoms with Crippen molar-refractivity contribution >= 4 is 45.9 Å². The summed E-state index contributed by atoms with van der Waals surface area (Å²) in [5.41, 5.74) is 14.8. The number of pyridine rings is 2. The highest BCUT2D eigenvalue weighted by Crippen LogP contribution is 2.38. The third kappa shape index (κ3) is 6.71. The summed E-state index contributed by atoms with van der Waals surface area (Å²) in [4.78, 5) is 14.8. The van der Waals surface area contributed by atoms with Gasteiger partial charge in [-0.05, 0) is 106 Å². The van der Waals surface area contributed by atoms with Crippen molar-refractivity contribution in [1.82, 2.24) is 9.97 Å². The van der Waals surface area contributed by atoms with Gasteiger partial charge in [-0.15, -0.1) is 0 Å². The summed E-state index contributed by atoms with van der Waals surface area (Å²) in [6.45, 7) is 12.6. The van der Waals surface area contributed by atoms with Gasteiger partial charge < -0.3 is 0 Å². The first kappa shape index (κ1) is 34.1. The highest BCUT2D eigenvalue weighted by atomic mass is 14.8. The van der Waals surface area contributed by atoms with Gasteiger partial charge in [0.15, 0.2) is 0 Å². The number of rotatable bonds is 8. The second kappa shape index (κ2) is 14.9. The maximum absolute atomic E-state index is 5.31. The van der Waals surface area contributed by atoms with E-state index in [-0.39, 0.29) is 0 Å². The average molecular weight is 694 g/mol. The van der Waals surface area contributed by atoms with Crippen molar-refractivity contribution in [3.63, 3.8) is 0 Å². The lowest BCUT2D eigenvalue weighted by Gasteiger charge is -2.16. The molecule has 0 atom stereocenters. The first-order chi connectivity index (χ1) is 26.5. The van der Waals surface area contributed by atoms with Crippen LogP contribution >= 0.6 is 0 Å². The molecule has 0 bridgehead atoms. The Balaban J connectivity index is 1.34. The van der Waals surface area contributed by atoms with Gasteiger partial charge in [-0.1, -0.05) is 141 Å². The normalized spacial score (nSPS) is 12.4. The summed E-state index contributed by atoms with van der Waals surface area (Å²) in [6, 6.07) is 51.1. The van der Waals surface area contributed by atoms with Crippen LogP contribution < -0.4 is 10.4 Å². The predicted molar refractivity (Wildman–Crippen MR) is 230 cm³/mol. The van der Waals surface area contributed by atoms with E-state index in [0.29, 0.717) is 0 Å². The third-order valence-corrected chi connectivity index (χ3v) is 9.98. The third-order valence-electron chi connectivity index (χ3n) is 9.98. The number of aromatic nitrogens is 2. The Kier molecular flexibility index (Phi) is 9.45. The van der Waals surface area contributed by atoms with Crippen LogP contribution in [0.3, 0.4) is 0 Å². The Bertz CT molecular complexity index is 2860. The molecule has 54 heavy (non-hydrogen) atoms. The van der Waals surface area contributed by atoms with Gasteiger partial charge in [0, 0.05) is 39.7 Å². The lowest BCUT2D eigenvalue weighted by Crippen LogP contribution is -2.27. The van der Waals surface area contributed by atoms with Gasteiger partial charge in [0.1, 0.15) is 0 Å². The molecule has 8 aromatic rings. The first-order valence-electron chi connectivity index (χ1n) is 18.2. The standard InChI is InChI=1S/C51H39N3/c1-5-6-18-44-34(2)14-10-19-45(44)42-31-41(32-43(33-42)46-20-11-22-48-47(46)21-13-29-52-48)38-25-27-40(28-26-38)51(54-36(4)37-15-8-7-9-16-37)49-35(3)23-24-39-17-12-30-53-50(39)49/h5-33H,1,3H2,2,4H3/b18-6-,51-49+,54-36?. The maximum Gasteiger partial charge on any atom is 0.0805 e. The van der Waals surface area contributed by atoms with Crippen molar-refractivity contribution in [2.24, 2.45) is 4.99 Å². The Morgan fingerprint density at radius 3 is 2.17 bits per heavy atom. The molecule has 0 aliphatic carbocycles. The monoisotopic (exact) mass is 693 g/mol. The van der Waals surface area contributed by atoms with Crippen molar-refractivity contribution in [3.05, 3.63) is 209 Å². The molecule has 0 radical (unpaired) electrons. The van der Waals surface area contributed by atoms with Crippen LogP contribution in [0.25, 0.3) is 73.5 Å². The number of aliphatic imine (C=N–C) groups is 1. The maximum atomic E-state index is 5.31. The zero-order chi connectivity index (χ0) is 37.0. The molecule has 3 nitrogen and oxygen atoms in total. The van der Waals surface area contributed by atoms with Crippen LogP contribution in [0.4, 0.5) is 0 Å². The van der Waals surface area contributed by atoms with Crippen LogP contribution in [0.1, 0.15) is 29.2 Å². The van der Waals surface area contributed by atoms with Gasteiger partial charge >= 0.3 is 0 Å². The van der Waals surface area contributed by atoms with Crippen LogP contribution in [-0.2, 0) is 0 Å².